The molecule has 0 bridgehead atoms. The fourth-order valence-electron chi connectivity index (χ4n) is 2.78. The number of aromatic nitrogens is 1. The highest BCUT2D eigenvalue weighted by Gasteiger charge is 2.23. The van der Waals surface area contributed by atoms with Crippen molar-refractivity contribution in [1.29, 1.82) is 0 Å². The van der Waals surface area contributed by atoms with E-state index in [-0.39, 0.29) is 18.7 Å². The molecular weight excluding hydrogens is 404 g/mol. The largest absolute Gasteiger partial charge is 0.502 e. The maximum absolute atomic E-state index is 12.7. The van der Waals surface area contributed by atoms with Crippen LogP contribution in [0.1, 0.15) is 22.8 Å². The average molecular weight is 422 g/mol. The van der Waals surface area contributed by atoms with Gasteiger partial charge in [0, 0.05) is 5.69 Å². The van der Waals surface area contributed by atoms with Crippen LogP contribution in [0.15, 0.2) is 40.5 Å². The number of pyridine rings is 1. The number of fused-ring (bicyclic) bond motifs is 1. The summed E-state index contributed by atoms with van der Waals surface area (Å²) in [5.41, 5.74) is 0.805. The first-order valence-corrected chi connectivity index (χ1v) is 11.0. The van der Waals surface area contributed by atoms with Crippen molar-refractivity contribution in [1.82, 2.24) is 4.57 Å². The van der Waals surface area contributed by atoms with E-state index in [0.29, 0.717) is 15.9 Å². The van der Waals surface area contributed by atoms with Crippen LogP contribution in [0.5, 0.6) is 5.75 Å². The number of carbonyl (C=O) groups is 1. The minimum Gasteiger partial charge on any atom is -0.502 e. The maximum atomic E-state index is 12.7. The molecule has 0 spiro atoms. The molecule has 2 heterocycles. The molecule has 0 aliphatic carbocycles. The van der Waals surface area contributed by atoms with Gasteiger partial charge in [-0.25, -0.2) is 13.2 Å². The van der Waals surface area contributed by atoms with Gasteiger partial charge in [-0.2, -0.15) is 0 Å². The summed E-state index contributed by atoms with van der Waals surface area (Å²) in [7, 11) is -3.38. The van der Waals surface area contributed by atoms with Crippen LogP contribution in [0.4, 0.5) is 5.69 Å². The molecule has 3 aromatic rings. The van der Waals surface area contributed by atoms with Crippen molar-refractivity contribution in [3.05, 3.63) is 57.2 Å². The molecule has 148 valence electrons. The van der Waals surface area contributed by atoms with Gasteiger partial charge in [-0.3, -0.25) is 14.1 Å². The summed E-state index contributed by atoms with van der Waals surface area (Å²) in [6.07, 6.45) is 1.06. The summed E-state index contributed by atoms with van der Waals surface area (Å²) in [5, 5.41) is 12.1. The predicted octanol–water partition coefficient (Wildman–Crippen LogP) is 2.37. The van der Waals surface area contributed by atoms with E-state index in [1.165, 1.54) is 15.9 Å². The highest BCUT2D eigenvalue weighted by Crippen LogP contribution is 2.30. The number of thiophene rings is 1. The van der Waals surface area contributed by atoms with Crippen LogP contribution in [0.2, 0.25) is 0 Å². The topological polar surface area (TPSA) is 115 Å². The molecule has 28 heavy (non-hydrogen) atoms. The van der Waals surface area contributed by atoms with Crippen molar-refractivity contribution in [2.75, 3.05) is 17.6 Å². The second-order valence-electron chi connectivity index (χ2n) is 6.04. The summed E-state index contributed by atoms with van der Waals surface area (Å²) in [6, 6.07) is 8.21. The minimum atomic E-state index is -3.38. The normalized spacial score (nSPS) is 11.5. The Kier molecular flexibility index (Phi) is 5.43. The van der Waals surface area contributed by atoms with Gasteiger partial charge in [0.05, 0.1) is 29.6 Å². The first kappa shape index (κ1) is 19.9. The van der Waals surface area contributed by atoms with Gasteiger partial charge in [-0.05, 0) is 36.1 Å². The number of benzene rings is 1. The molecule has 2 aromatic heterocycles. The Bertz CT molecular complexity index is 1190. The number of nitrogens with one attached hydrogen (secondary N) is 1. The van der Waals surface area contributed by atoms with Gasteiger partial charge in [-0.15, -0.1) is 11.3 Å². The molecule has 0 atom stereocenters. The molecule has 0 saturated carbocycles. The smallest absolute Gasteiger partial charge is 0.343 e. The van der Waals surface area contributed by atoms with Gasteiger partial charge in [0.15, 0.2) is 5.75 Å². The average Bonchev–Trinajstić information content (AvgIpc) is 3.08. The third-order valence-electron chi connectivity index (χ3n) is 3.92. The van der Waals surface area contributed by atoms with E-state index in [2.05, 4.69) is 4.72 Å². The minimum absolute atomic E-state index is 0.124. The standard InChI is InChI=1S/C18H18N2O6S2/c1-3-26-18(23)14-15(21)17(22)20(13-8-9-27-16(13)14)10-11-4-6-12(7-5-11)19-28(2,24)25/h4-9,19,21H,3,10H2,1-2H3. The molecule has 10 heteroatoms. The second-order valence-corrected chi connectivity index (χ2v) is 8.71. The number of anilines is 1. The molecule has 0 saturated heterocycles. The van der Waals surface area contributed by atoms with E-state index in [9.17, 15) is 23.1 Å². The van der Waals surface area contributed by atoms with Crippen LogP contribution < -0.4 is 10.3 Å². The molecule has 3 rings (SSSR count). The van der Waals surface area contributed by atoms with Crippen LogP contribution in [-0.2, 0) is 21.3 Å². The molecule has 0 unspecified atom stereocenters. The Labute approximate surface area is 165 Å². The first-order chi connectivity index (χ1) is 13.2. The summed E-state index contributed by atoms with van der Waals surface area (Å²) < 4.78 is 31.7. The third-order valence-corrected chi connectivity index (χ3v) is 5.45. The maximum Gasteiger partial charge on any atom is 0.343 e. The van der Waals surface area contributed by atoms with E-state index in [0.717, 1.165) is 11.8 Å². The molecule has 0 amide bonds. The Morgan fingerprint density at radius 3 is 2.54 bits per heavy atom. The summed E-state index contributed by atoms with van der Waals surface area (Å²) in [6.45, 7) is 1.91. The number of hydrogen-bond acceptors (Lipinski definition) is 7. The lowest BCUT2D eigenvalue weighted by molar-refractivity contribution is 0.0525. The highest BCUT2D eigenvalue weighted by molar-refractivity contribution is 7.92. The van der Waals surface area contributed by atoms with E-state index in [1.54, 1.807) is 42.6 Å². The number of nitrogens with zero attached hydrogens (tertiary/aromatic N) is 1. The van der Waals surface area contributed by atoms with Gasteiger partial charge in [0.25, 0.3) is 5.56 Å². The Balaban J connectivity index is 2.02. The Morgan fingerprint density at radius 2 is 1.93 bits per heavy atom. The monoisotopic (exact) mass is 422 g/mol. The summed E-state index contributed by atoms with van der Waals surface area (Å²) in [5.74, 6) is -1.39. The van der Waals surface area contributed by atoms with Crippen LogP contribution in [-0.4, -0.2) is 36.9 Å². The van der Waals surface area contributed by atoms with Gasteiger partial charge in [0.2, 0.25) is 10.0 Å². The SMILES string of the molecule is CCOC(=O)c1c(O)c(=O)n(Cc2ccc(NS(C)(=O)=O)cc2)c2ccsc12. The number of esters is 1. The number of ether oxygens (including phenoxy) is 1. The number of sulfonamides is 1. The number of hydrogen-bond donors (Lipinski definition) is 2. The van der Waals surface area contributed by atoms with E-state index in [1.807, 2.05) is 0 Å². The molecule has 0 aliphatic heterocycles. The van der Waals surface area contributed by atoms with Crippen molar-refractivity contribution in [3.63, 3.8) is 0 Å². The quantitative estimate of drug-likeness (QED) is 0.590. The number of aromatic hydroxyl groups is 1. The Morgan fingerprint density at radius 1 is 1.25 bits per heavy atom. The number of rotatable bonds is 6. The summed E-state index contributed by atoms with van der Waals surface area (Å²) >= 11 is 1.23. The summed E-state index contributed by atoms with van der Waals surface area (Å²) in [4.78, 5) is 24.9. The predicted molar refractivity (Wildman–Crippen MR) is 108 cm³/mol. The molecule has 8 nitrogen and oxygen atoms in total. The fraction of sp³-hybridized carbons (Fsp3) is 0.222. The van der Waals surface area contributed by atoms with Crippen molar-refractivity contribution >= 4 is 43.2 Å². The zero-order chi connectivity index (χ0) is 20.5. The first-order valence-electron chi connectivity index (χ1n) is 8.28. The third kappa shape index (κ3) is 4.02. The Hall–Kier alpha value is -2.85. The van der Waals surface area contributed by atoms with E-state index in [4.69, 9.17) is 4.74 Å². The number of carbonyl (C=O) groups excluding carboxylic acids is 1. The molecule has 0 aliphatic rings. The van der Waals surface area contributed by atoms with Gasteiger partial charge < -0.3 is 9.84 Å². The van der Waals surface area contributed by atoms with Crippen LogP contribution in [0.3, 0.4) is 0 Å². The molecular formula is C18H18N2O6S2. The van der Waals surface area contributed by atoms with Crippen molar-refractivity contribution in [3.8, 4) is 5.75 Å². The zero-order valence-corrected chi connectivity index (χ0v) is 16.8. The van der Waals surface area contributed by atoms with Crippen LogP contribution in [0.25, 0.3) is 10.2 Å². The van der Waals surface area contributed by atoms with Crippen LogP contribution >= 0.6 is 11.3 Å². The zero-order valence-electron chi connectivity index (χ0n) is 15.1. The highest BCUT2D eigenvalue weighted by atomic mass is 32.2. The lowest BCUT2D eigenvalue weighted by atomic mass is 10.1. The lowest BCUT2D eigenvalue weighted by Gasteiger charge is -2.13. The molecule has 0 fully saturated rings. The van der Waals surface area contributed by atoms with Crippen LogP contribution in [0, 0.1) is 0 Å². The van der Waals surface area contributed by atoms with E-state index >= 15 is 0 Å². The van der Waals surface area contributed by atoms with Crippen molar-refractivity contribution in [2.24, 2.45) is 0 Å². The van der Waals surface area contributed by atoms with Gasteiger partial charge in [-0.1, -0.05) is 12.1 Å². The van der Waals surface area contributed by atoms with Gasteiger partial charge >= 0.3 is 5.97 Å². The molecule has 0 radical (unpaired) electrons. The van der Waals surface area contributed by atoms with Crippen molar-refractivity contribution < 1.29 is 23.1 Å². The van der Waals surface area contributed by atoms with E-state index < -0.39 is 27.3 Å². The molecule has 2 N–H and O–H groups in total. The molecule has 1 aromatic carbocycles. The van der Waals surface area contributed by atoms with Gasteiger partial charge in [0.1, 0.15) is 5.56 Å². The second kappa shape index (κ2) is 7.64. The fourth-order valence-corrected chi connectivity index (χ4v) is 4.27. The van der Waals surface area contributed by atoms with Crippen molar-refractivity contribution in [2.45, 2.75) is 13.5 Å². The lowest BCUT2D eigenvalue weighted by Crippen LogP contribution is -2.23.